The van der Waals surface area contributed by atoms with Gasteiger partial charge in [0, 0.05) is 22.0 Å². The molecule has 15 heavy (non-hydrogen) atoms. The molecule has 1 nitrogen and oxygen atoms in total. The van der Waals surface area contributed by atoms with Crippen LogP contribution in [0.4, 0.5) is 4.39 Å². The zero-order chi connectivity index (χ0) is 11.2. The van der Waals surface area contributed by atoms with Crippen molar-refractivity contribution in [3.63, 3.8) is 0 Å². The summed E-state index contributed by atoms with van der Waals surface area (Å²) in [4.78, 5) is 3.28. The average molecular weight is 205 g/mol. The van der Waals surface area contributed by atoms with E-state index in [1.54, 1.807) is 12.1 Å². The van der Waals surface area contributed by atoms with Crippen molar-refractivity contribution < 1.29 is 4.39 Å². The first-order valence-corrected chi connectivity index (χ1v) is 5.17. The van der Waals surface area contributed by atoms with Gasteiger partial charge in [-0.1, -0.05) is 20.8 Å². The molecule has 0 saturated carbocycles. The quantitative estimate of drug-likeness (QED) is 0.671. The second-order valence-electron chi connectivity index (χ2n) is 5.12. The molecule has 2 rings (SSSR count). The molecule has 0 unspecified atom stereocenters. The summed E-state index contributed by atoms with van der Waals surface area (Å²) >= 11 is 0. The lowest BCUT2D eigenvalue weighted by Crippen LogP contribution is -2.10. The highest BCUT2D eigenvalue weighted by Gasteiger charge is 2.17. The van der Waals surface area contributed by atoms with Crippen molar-refractivity contribution >= 4 is 10.9 Å². The average Bonchev–Trinajstić information content (AvgIpc) is 2.46. The van der Waals surface area contributed by atoms with Gasteiger partial charge in [-0.15, -0.1) is 0 Å². The fraction of sp³-hybridized carbons (Fsp3) is 0.385. The Hall–Kier alpha value is -1.31. The lowest BCUT2D eigenvalue weighted by atomic mass is 9.92. The van der Waals surface area contributed by atoms with E-state index in [1.165, 1.54) is 0 Å². The first-order chi connectivity index (χ1) is 6.88. The number of aryl methyl sites for hydroxylation is 1. The molecule has 0 aliphatic rings. The van der Waals surface area contributed by atoms with Gasteiger partial charge in [-0.3, -0.25) is 0 Å². The lowest BCUT2D eigenvalue weighted by molar-refractivity contribution is 0.574. The number of nitrogens with one attached hydrogen (secondary N) is 1. The summed E-state index contributed by atoms with van der Waals surface area (Å²) in [7, 11) is 0. The molecule has 0 atom stereocenters. The molecule has 1 heterocycles. The van der Waals surface area contributed by atoms with E-state index in [4.69, 9.17) is 0 Å². The summed E-state index contributed by atoms with van der Waals surface area (Å²) in [5.74, 6) is -0.178. The Morgan fingerprint density at radius 3 is 2.40 bits per heavy atom. The van der Waals surface area contributed by atoms with E-state index < -0.39 is 0 Å². The monoisotopic (exact) mass is 205 g/mol. The van der Waals surface area contributed by atoms with Crippen molar-refractivity contribution in [1.82, 2.24) is 4.98 Å². The van der Waals surface area contributed by atoms with Gasteiger partial charge in [-0.05, 0) is 30.7 Å². The number of H-pyrrole nitrogens is 1. The van der Waals surface area contributed by atoms with Crippen LogP contribution in [0.1, 0.15) is 32.0 Å². The number of fused-ring (bicyclic) bond motifs is 1. The SMILES string of the molecule is Cc1cc(F)cc2[nH]c(C(C)(C)C)cc12. The Labute approximate surface area is 89.3 Å². The maximum atomic E-state index is 13.2. The molecule has 2 heteroatoms. The molecule has 0 saturated heterocycles. The van der Waals surface area contributed by atoms with Gasteiger partial charge in [0.25, 0.3) is 0 Å². The molecule has 1 aromatic heterocycles. The number of aromatic amines is 1. The maximum absolute atomic E-state index is 13.2. The van der Waals surface area contributed by atoms with Crippen LogP contribution in [0.25, 0.3) is 10.9 Å². The van der Waals surface area contributed by atoms with Crippen LogP contribution >= 0.6 is 0 Å². The molecule has 0 bridgehead atoms. The van der Waals surface area contributed by atoms with Crippen LogP contribution in [-0.2, 0) is 5.41 Å². The highest BCUT2D eigenvalue weighted by molar-refractivity contribution is 5.84. The molecule has 1 aromatic carbocycles. The molecular weight excluding hydrogens is 189 g/mol. The molecule has 0 fully saturated rings. The maximum Gasteiger partial charge on any atom is 0.125 e. The van der Waals surface area contributed by atoms with Crippen molar-refractivity contribution in [2.75, 3.05) is 0 Å². The fourth-order valence-electron chi connectivity index (χ4n) is 1.78. The predicted molar refractivity (Wildman–Crippen MR) is 61.7 cm³/mol. The normalized spacial score (nSPS) is 12.3. The largest absolute Gasteiger partial charge is 0.358 e. The topological polar surface area (TPSA) is 15.8 Å². The third-order valence-electron chi connectivity index (χ3n) is 2.72. The molecule has 1 N–H and O–H groups in total. The van der Waals surface area contributed by atoms with E-state index in [-0.39, 0.29) is 11.2 Å². The Morgan fingerprint density at radius 2 is 1.80 bits per heavy atom. The zero-order valence-corrected chi connectivity index (χ0v) is 9.61. The zero-order valence-electron chi connectivity index (χ0n) is 9.61. The molecule has 0 radical (unpaired) electrons. The van der Waals surface area contributed by atoms with E-state index in [1.807, 2.05) is 6.92 Å². The van der Waals surface area contributed by atoms with Gasteiger partial charge in [0.1, 0.15) is 5.82 Å². The van der Waals surface area contributed by atoms with E-state index in [2.05, 4.69) is 31.8 Å². The van der Waals surface area contributed by atoms with Gasteiger partial charge in [0.05, 0.1) is 0 Å². The van der Waals surface area contributed by atoms with Crippen LogP contribution in [0.5, 0.6) is 0 Å². The van der Waals surface area contributed by atoms with Crippen LogP contribution in [0.15, 0.2) is 18.2 Å². The van der Waals surface area contributed by atoms with Crippen LogP contribution in [-0.4, -0.2) is 4.98 Å². The highest BCUT2D eigenvalue weighted by atomic mass is 19.1. The first-order valence-electron chi connectivity index (χ1n) is 5.17. The number of aromatic nitrogens is 1. The van der Waals surface area contributed by atoms with E-state index in [0.29, 0.717) is 0 Å². The number of hydrogen-bond acceptors (Lipinski definition) is 0. The first kappa shape index (κ1) is 10.2. The molecule has 2 aromatic rings. The van der Waals surface area contributed by atoms with Crippen molar-refractivity contribution in [1.29, 1.82) is 0 Å². The van der Waals surface area contributed by atoms with Crippen LogP contribution in [0.2, 0.25) is 0 Å². The van der Waals surface area contributed by atoms with Crippen LogP contribution in [0.3, 0.4) is 0 Å². The van der Waals surface area contributed by atoms with Crippen LogP contribution < -0.4 is 0 Å². The minimum atomic E-state index is -0.178. The van der Waals surface area contributed by atoms with Gasteiger partial charge in [0.15, 0.2) is 0 Å². The third-order valence-corrected chi connectivity index (χ3v) is 2.72. The van der Waals surface area contributed by atoms with Gasteiger partial charge in [-0.2, -0.15) is 0 Å². The summed E-state index contributed by atoms with van der Waals surface area (Å²) < 4.78 is 13.2. The lowest BCUT2D eigenvalue weighted by Gasteiger charge is -2.15. The van der Waals surface area contributed by atoms with E-state index in [0.717, 1.165) is 22.2 Å². The van der Waals surface area contributed by atoms with Gasteiger partial charge < -0.3 is 4.98 Å². The van der Waals surface area contributed by atoms with Crippen molar-refractivity contribution in [3.05, 3.63) is 35.3 Å². The molecule has 80 valence electrons. The Morgan fingerprint density at radius 1 is 1.13 bits per heavy atom. The minimum Gasteiger partial charge on any atom is -0.358 e. The smallest absolute Gasteiger partial charge is 0.125 e. The fourth-order valence-corrected chi connectivity index (χ4v) is 1.78. The Kier molecular flexibility index (Phi) is 2.10. The molecular formula is C13H16FN. The van der Waals surface area contributed by atoms with Crippen molar-refractivity contribution in [2.24, 2.45) is 0 Å². The molecule has 0 amide bonds. The summed E-state index contributed by atoms with van der Waals surface area (Å²) in [6, 6.07) is 5.24. The summed E-state index contributed by atoms with van der Waals surface area (Å²) in [5.41, 5.74) is 3.09. The molecule has 0 spiro atoms. The summed E-state index contributed by atoms with van der Waals surface area (Å²) in [5, 5.41) is 1.11. The molecule has 0 aliphatic heterocycles. The molecule has 0 aliphatic carbocycles. The van der Waals surface area contributed by atoms with Crippen LogP contribution in [0, 0.1) is 12.7 Å². The summed E-state index contributed by atoms with van der Waals surface area (Å²) in [6.45, 7) is 8.36. The van der Waals surface area contributed by atoms with Gasteiger partial charge in [-0.25, -0.2) is 4.39 Å². The van der Waals surface area contributed by atoms with Gasteiger partial charge in [0.2, 0.25) is 0 Å². The number of halogens is 1. The third kappa shape index (κ3) is 1.76. The Bertz CT molecular complexity index is 503. The van der Waals surface area contributed by atoms with Crippen molar-refractivity contribution in [2.45, 2.75) is 33.1 Å². The standard InChI is InChI=1S/C13H16FN/c1-8-5-9(14)6-11-10(8)7-12(15-11)13(2,3)4/h5-7,15H,1-4H3. The second kappa shape index (κ2) is 3.09. The Balaban J connectivity index is 2.71. The second-order valence-corrected chi connectivity index (χ2v) is 5.12. The number of rotatable bonds is 0. The van der Waals surface area contributed by atoms with Crippen molar-refractivity contribution in [3.8, 4) is 0 Å². The van der Waals surface area contributed by atoms with E-state index >= 15 is 0 Å². The minimum absolute atomic E-state index is 0.0714. The number of benzene rings is 1. The van der Waals surface area contributed by atoms with E-state index in [9.17, 15) is 4.39 Å². The number of hydrogen-bond donors (Lipinski definition) is 1. The summed E-state index contributed by atoms with van der Waals surface area (Å²) in [6.07, 6.45) is 0. The highest BCUT2D eigenvalue weighted by Crippen LogP contribution is 2.27. The van der Waals surface area contributed by atoms with Gasteiger partial charge >= 0.3 is 0 Å². The predicted octanol–water partition coefficient (Wildman–Crippen LogP) is 3.91.